The Kier molecular flexibility index (Phi) is 3.34. The van der Waals surface area contributed by atoms with Crippen LogP contribution in [0.25, 0.3) is 0 Å². The van der Waals surface area contributed by atoms with Crippen molar-refractivity contribution < 1.29 is 4.74 Å². The molecule has 0 aromatic heterocycles. The molecule has 0 aliphatic carbocycles. The van der Waals surface area contributed by atoms with Crippen molar-refractivity contribution in [2.24, 2.45) is 5.92 Å². The van der Waals surface area contributed by atoms with Gasteiger partial charge in [-0.25, -0.2) is 0 Å². The Morgan fingerprint density at radius 3 is 2.82 bits per heavy atom. The van der Waals surface area contributed by atoms with Crippen molar-refractivity contribution >= 4 is 0 Å². The molecule has 1 saturated heterocycles. The molecule has 0 spiro atoms. The van der Waals surface area contributed by atoms with Crippen molar-refractivity contribution in [2.75, 3.05) is 13.2 Å². The Labute approximate surface area is 69.3 Å². The lowest BCUT2D eigenvalue weighted by molar-refractivity contribution is 0.0669. The van der Waals surface area contributed by atoms with E-state index in [0.717, 1.165) is 19.1 Å². The van der Waals surface area contributed by atoms with E-state index in [0.29, 0.717) is 12.1 Å². The summed E-state index contributed by atoms with van der Waals surface area (Å²) >= 11 is 0. The highest BCUT2D eigenvalue weighted by atomic mass is 16.5. The van der Waals surface area contributed by atoms with Crippen LogP contribution in [0.2, 0.25) is 0 Å². The van der Waals surface area contributed by atoms with Gasteiger partial charge in [-0.05, 0) is 25.8 Å². The van der Waals surface area contributed by atoms with Gasteiger partial charge in [-0.2, -0.15) is 0 Å². The van der Waals surface area contributed by atoms with E-state index < -0.39 is 0 Å². The largest absolute Gasteiger partial charge is 0.376 e. The fourth-order valence-electron chi connectivity index (χ4n) is 1.79. The fourth-order valence-corrected chi connectivity index (χ4v) is 1.79. The highest BCUT2D eigenvalue weighted by molar-refractivity contribution is 4.81. The van der Waals surface area contributed by atoms with Crippen molar-refractivity contribution in [3.8, 4) is 0 Å². The van der Waals surface area contributed by atoms with Crippen LogP contribution in [0.3, 0.4) is 0 Å². The molecule has 0 aromatic carbocycles. The maximum atomic E-state index is 5.62. The minimum absolute atomic E-state index is 0.440. The summed E-state index contributed by atoms with van der Waals surface area (Å²) in [4.78, 5) is 0. The quantitative estimate of drug-likeness (QED) is 0.669. The van der Waals surface area contributed by atoms with Crippen LogP contribution in [0, 0.1) is 5.92 Å². The highest BCUT2D eigenvalue weighted by Crippen LogP contribution is 2.22. The Morgan fingerprint density at radius 1 is 1.64 bits per heavy atom. The molecule has 66 valence electrons. The van der Waals surface area contributed by atoms with Crippen LogP contribution in [0.4, 0.5) is 0 Å². The standard InChI is InChI=1S/C9H19NO/c1-4-10-8(3)9-7(2)5-6-11-9/h7-10H,4-6H2,1-3H3. The van der Waals surface area contributed by atoms with Gasteiger partial charge in [-0.3, -0.25) is 0 Å². The van der Waals surface area contributed by atoms with E-state index in [1.807, 2.05) is 0 Å². The molecule has 2 nitrogen and oxygen atoms in total. The predicted molar refractivity (Wildman–Crippen MR) is 46.7 cm³/mol. The molecule has 1 rings (SSSR count). The van der Waals surface area contributed by atoms with Gasteiger partial charge >= 0.3 is 0 Å². The fraction of sp³-hybridized carbons (Fsp3) is 1.00. The maximum absolute atomic E-state index is 5.62. The van der Waals surface area contributed by atoms with Gasteiger partial charge in [-0.15, -0.1) is 0 Å². The van der Waals surface area contributed by atoms with E-state index in [4.69, 9.17) is 4.74 Å². The van der Waals surface area contributed by atoms with E-state index in [1.54, 1.807) is 0 Å². The van der Waals surface area contributed by atoms with Gasteiger partial charge in [0.15, 0.2) is 0 Å². The number of ether oxygens (including phenoxy) is 1. The molecule has 1 aliphatic rings. The van der Waals surface area contributed by atoms with E-state index in [-0.39, 0.29) is 0 Å². The number of hydrogen-bond donors (Lipinski definition) is 1. The molecule has 1 N–H and O–H groups in total. The van der Waals surface area contributed by atoms with Gasteiger partial charge in [0.1, 0.15) is 0 Å². The summed E-state index contributed by atoms with van der Waals surface area (Å²) in [5, 5.41) is 3.39. The first-order chi connectivity index (χ1) is 5.25. The first-order valence-corrected chi connectivity index (χ1v) is 4.60. The normalized spacial score (nSPS) is 34.1. The Morgan fingerprint density at radius 2 is 2.36 bits per heavy atom. The maximum Gasteiger partial charge on any atom is 0.0751 e. The number of nitrogens with one attached hydrogen (secondary N) is 1. The minimum atomic E-state index is 0.440. The monoisotopic (exact) mass is 157 g/mol. The molecule has 11 heavy (non-hydrogen) atoms. The Balaban J connectivity index is 2.33. The average molecular weight is 157 g/mol. The van der Waals surface area contributed by atoms with Gasteiger partial charge in [0.2, 0.25) is 0 Å². The van der Waals surface area contributed by atoms with E-state index >= 15 is 0 Å². The molecule has 3 unspecified atom stereocenters. The van der Waals surface area contributed by atoms with Gasteiger partial charge in [0, 0.05) is 12.6 Å². The van der Waals surface area contributed by atoms with Crippen LogP contribution in [0.15, 0.2) is 0 Å². The van der Waals surface area contributed by atoms with Crippen molar-refractivity contribution in [1.29, 1.82) is 0 Å². The molecule has 0 saturated carbocycles. The Hall–Kier alpha value is -0.0800. The van der Waals surface area contributed by atoms with Crippen molar-refractivity contribution in [2.45, 2.75) is 39.3 Å². The summed E-state index contributed by atoms with van der Waals surface area (Å²) < 4.78 is 5.62. The lowest BCUT2D eigenvalue weighted by Crippen LogP contribution is -2.39. The number of hydrogen-bond acceptors (Lipinski definition) is 2. The third-order valence-corrected chi connectivity index (χ3v) is 2.46. The zero-order valence-corrected chi connectivity index (χ0v) is 7.76. The van der Waals surface area contributed by atoms with Gasteiger partial charge < -0.3 is 10.1 Å². The molecule has 0 amide bonds. The summed E-state index contributed by atoms with van der Waals surface area (Å²) in [6.45, 7) is 8.59. The highest BCUT2D eigenvalue weighted by Gasteiger charge is 2.28. The van der Waals surface area contributed by atoms with Crippen LogP contribution in [0.1, 0.15) is 27.2 Å². The summed E-state index contributed by atoms with van der Waals surface area (Å²) in [7, 11) is 0. The second kappa shape index (κ2) is 4.07. The first kappa shape index (κ1) is 9.01. The molecule has 2 heteroatoms. The number of likely N-dealkylation sites (N-methyl/N-ethyl adjacent to an activating group) is 1. The molecule has 1 fully saturated rings. The number of rotatable bonds is 3. The van der Waals surface area contributed by atoms with Crippen LogP contribution in [-0.4, -0.2) is 25.3 Å². The average Bonchev–Trinajstić information content (AvgIpc) is 2.36. The third kappa shape index (κ3) is 2.17. The smallest absolute Gasteiger partial charge is 0.0751 e. The van der Waals surface area contributed by atoms with E-state index in [9.17, 15) is 0 Å². The summed E-state index contributed by atoms with van der Waals surface area (Å²) in [5.74, 6) is 0.726. The zero-order chi connectivity index (χ0) is 8.27. The molecule has 3 atom stereocenters. The van der Waals surface area contributed by atoms with Crippen molar-refractivity contribution in [1.82, 2.24) is 5.32 Å². The Bertz CT molecular complexity index is 116. The van der Waals surface area contributed by atoms with Crippen LogP contribution in [0.5, 0.6) is 0 Å². The molecule has 0 bridgehead atoms. The first-order valence-electron chi connectivity index (χ1n) is 4.60. The topological polar surface area (TPSA) is 21.3 Å². The molecular weight excluding hydrogens is 138 g/mol. The second-order valence-electron chi connectivity index (χ2n) is 3.45. The third-order valence-electron chi connectivity index (χ3n) is 2.46. The molecular formula is C9H19NO. The van der Waals surface area contributed by atoms with Crippen LogP contribution >= 0.6 is 0 Å². The summed E-state index contributed by atoms with van der Waals surface area (Å²) in [6.07, 6.45) is 1.66. The van der Waals surface area contributed by atoms with Gasteiger partial charge in [0.25, 0.3) is 0 Å². The van der Waals surface area contributed by atoms with E-state index in [1.165, 1.54) is 6.42 Å². The predicted octanol–water partition coefficient (Wildman–Crippen LogP) is 1.41. The molecule has 1 aliphatic heterocycles. The van der Waals surface area contributed by atoms with Gasteiger partial charge in [0.05, 0.1) is 6.10 Å². The van der Waals surface area contributed by atoms with Crippen molar-refractivity contribution in [3.63, 3.8) is 0 Å². The second-order valence-corrected chi connectivity index (χ2v) is 3.45. The molecule has 0 radical (unpaired) electrons. The lowest BCUT2D eigenvalue weighted by atomic mass is 9.99. The SMILES string of the molecule is CCNC(C)C1OCCC1C. The zero-order valence-electron chi connectivity index (χ0n) is 7.76. The lowest BCUT2D eigenvalue weighted by Gasteiger charge is -2.22. The van der Waals surface area contributed by atoms with E-state index in [2.05, 4.69) is 26.1 Å². The minimum Gasteiger partial charge on any atom is -0.376 e. The van der Waals surface area contributed by atoms with Crippen molar-refractivity contribution in [3.05, 3.63) is 0 Å². The summed E-state index contributed by atoms with van der Waals surface area (Å²) in [6, 6.07) is 0.512. The van der Waals surface area contributed by atoms with Gasteiger partial charge in [-0.1, -0.05) is 13.8 Å². The summed E-state index contributed by atoms with van der Waals surface area (Å²) in [5.41, 5.74) is 0. The molecule has 0 aromatic rings. The van der Waals surface area contributed by atoms with Crippen LogP contribution < -0.4 is 5.32 Å². The van der Waals surface area contributed by atoms with Crippen LogP contribution in [-0.2, 0) is 4.74 Å². The molecule has 1 heterocycles.